The minimum absolute atomic E-state index is 0.178. The zero-order valence-corrected chi connectivity index (χ0v) is 15.4. The van der Waals surface area contributed by atoms with Crippen LogP contribution < -0.4 is 10.2 Å². The van der Waals surface area contributed by atoms with Gasteiger partial charge in [0.1, 0.15) is 5.82 Å². The van der Waals surface area contributed by atoms with Gasteiger partial charge >= 0.3 is 0 Å². The molecule has 1 aromatic carbocycles. The van der Waals surface area contributed by atoms with Crippen LogP contribution in [-0.4, -0.2) is 29.0 Å². The molecule has 0 radical (unpaired) electrons. The van der Waals surface area contributed by atoms with E-state index in [4.69, 9.17) is 11.6 Å². The summed E-state index contributed by atoms with van der Waals surface area (Å²) in [5.41, 5.74) is 1.02. The molecule has 8 heteroatoms. The summed E-state index contributed by atoms with van der Waals surface area (Å²) in [7, 11) is 0. The van der Waals surface area contributed by atoms with Gasteiger partial charge in [-0.3, -0.25) is 4.79 Å². The molecule has 1 atom stereocenters. The lowest BCUT2D eigenvalue weighted by atomic mass is 9.97. The fourth-order valence-corrected chi connectivity index (χ4v) is 4.23. The number of rotatable bonds is 3. The Morgan fingerprint density at radius 2 is 2.15 bits per heavy atom. The number of thiophene rings is 1. The lowest BCUT2D eigenvalue weighted by molar-refractivity contribution is -0.120. The van der Waals surface area contributed by atoms with Crippen LogP contribution in [0.5, 0.6) is 0 Å². The summed E-state index contributed by atoms with van der Waals surface area (Å²) < 4.78 is 14.7. The van der Waals surface area contributed by atoms with E-state index in [1.165, 1.54) is 6.07 Å². The van der Waals surface area contributed by atoms with Gasteiger partial charge in [0.2, 0.25) is 11.2 Å². The molecule has 1 amide bonds. The third-order valence-electron chi connectivity index (χ3n) is 4.48. The van der Waals surface area contributed by atoms with E-state index in [0.717, 1.165) is 35.4 Å². The van der Waals surface area contributed by atoms with Gasteiger partial charge in [0.15, 0.2) is 5.82 Å². The van der Waals surface area contributed by atoms with Crippen molar-refractivity contribution in [1.29, 1.82) is 0 Å². The highest BCUT2D eigenvalue weighted by Crippen LogP contribution is 2.32. The van der Waals surface area contributed by atoms with Crippen molar-refractivity contribution in [3.8, 4) is 0 Å². The van der Waals surface area contributed by atoms with Crippen LogP contribution in [0.15, 0.2) is 35.7 Å². The number of nitrogens with zero attached hydrogens (tertiary/aromatic N) is 3. The highest BCUT2D eigenvalue weighted by atomic mass is 35.5. The van der Waals surface area contributed by atoms with E-state index >= 15 is 0 Å². The van der Waals surface area contributed by atoms with Crippen LogP contribution in [0.1, 0.15) is 12.8 Å². The molecule has 0 saturated carbocycles. The first kappa shape index (κ1) is 17.2. The first-order valence-electron chi connectivity index (χ1n) is 8.33. The number of anilines is 2. The van der Waals surface area contributed by atoms with Gasteiger partial charge in [0.25, 0.3) is 0 Å². The standard InChI is InChI=1S/C18H16ClFN4OS/c19-18-22-14-7-9-26-15(14)16(23-18)24-8-3-4-11(10-24)17(25)21-13-6-2-1-5-12(13)20/h1-2,5-7,9,11H,3-4,8,10H2,(H,21,25). The first-order chi connectivity index (χ1) is 12.6. The van der Waals surface area contributed by atoms with Crippen molar-refractivity contribution in [2.75, 3.05) is 23.3 Å². The molecular weight excluding hydrogens is 375 g/mol. The Kier molecular flexibility index (Phi) is 4.74. The lowest BCUT2D eigenvalue weighted by Gasteiger charge is -2.33. The maximum atomic E-state index is 13.8. The van der Waals surface area contributed by atoms with Crippen molar-refractivity contribution >= 4 is 50.6 Å². The number of hydrogen-bond donors (Lipinski definition) is 1. The number of hydrogen-bond acceptors (Lipinski definition) is 5. The molecule has 0 spiro atoms. The zero-order chi connectivity index (χ0) is 18.1. The molecule has 4 rings (SSSR count). The summed E-state index contributed by atoms with van der Waals surface area (Å²) in [6.45, 7) is 1.31. The predicted octanol–water partition coefficient (Wildman–Crippen LogP) is 4.34. The molecule has 5 nitrogen and oxygen atoms in total. The molecule has 1 aliphatic rings. The van der Waals surface area contributed by atoms with Gasteiger partial charge in [-0.05, 0) is 48.0 Å². The van der Waals surface area contributed by atoms with Crippen LogP contribution in [0.2, 0.25) is 5.28 Å². The molecule has 1 saturated heterocycles. The molecule has 1 unspecified atom stereocenters. The number of fused-ring (bicyclic) bond motifs is 1. The van der Waals surface area contributed by atoms with E-state index in [-0.39, 0.29) is 22.8 Å². The third kappa shape index (κ3) is 3.37. The van der Waals surface area contributed by atoms with Crippen molar-refractivity contribution < 1.29 is 9.18 Å². The Morgan fingerprint density at radius 3 is 3.00 bits per heavy atom. The average Bonchev–Trinajstić information content (AvgIpc) is 3.11. The maximum absolute atomic E-state index is 13.8. The minimum atomic E-state index is -0.434. The highest BCUT2D eigenvalue weighted by Gasteiger charge is 2.28. The molecule has 26 heavy (non-hydrogen) atoms. The lowest BCUT2D eigenvalue weighted by Crippen LogP contribution is -2.41. The molecule has 0 aliphatic carbocycles. The fourth-order valence-electron chi connectivity index (χ4n) is 3.22. The van der Waals surface area contributed by atoms with Crippen molar-refractivity contribution in [2.24, 2.45) is 5.92 Å². The molecule has 2 aromatic heterocycles. The van der Waals surface area contributed by atoms with Crippen LogP contribution in [0.25, 0.3) is 10.2 Å². The molecular formula is C18H16ClFN4OS. The summed E-state index contributed by atoms with van der Waals surface area (Å²) in [6.07, 6.45) is 1.60. The van der Waals surface area contributed by atoms with Crippen molar-refractivity contribution in [1.82, 2.24) is 9.97 Å². The third-order valence-corrected chi connectivity index (χ3v) is 5.55. The largest absolute Gasteiger partial charge is 0.354 e. The van der Waals surface area contributed by atoms with Gasteiger partial charge in [-0.2, -0.15) is 4.98 Å². The molecule has 1 N–H and O–H groups in total. The second-order valence-corrected chi connectivity index (χ2v) is 7.46. The Balaban J connectivity index is 1.55. The van der Waals surface area contributed by atoms with Crippen LogP contribution in [0.4, 0.5) is 15.9 Å². The number of aromatic nitrogens is 2. The zero-order valence-electron chi connectivity index (χ0n) is 13.8. The molecule has 1 fully saturated rings. The fraction of sp³-hybridized carbons (Fsp3) is 0.278. The second-order valence-electron chi connectivity index (χ2n) is 6.21. The summed E-state index contributed by atoms with van der Waals surface area (Å²) >= 11 is 7.61. The van der Waals surface area contributed by atoms with Crippen LogP contribution >= 0.6 is 22.9 Å². The van der Waals surface area contributed by atoms with E-state index in [0.29, 0.717) is 6.54 Å². The summed E-state index contributed by atoms with van der Waals surface area (Å²) in [4.78, 5) is 23.3. The van der Waals surface area contributed by atoms with Crippen LogP contribution in [0.3, 0.4) is 0 Å². The van der Waals surface area contributed by atoms with Gasteiger partial charge in [-0.25, -0.2) is 9.37 Å². The summed E-state index contributed by atoms with van der Waals surface area (Å²) in [5, 5.41) is 4.85. The molecule has 1 aliphatic heterocycles. The normalized spacial score (nSPS) is 17.5. The van der Waals surface area contributed by atoms with E-state index in [1.807, 2.05) is 11.4 Å². The Morgan fingerprint density at radius 1 is 1.31 bits per heavy atom. The summed E-state index contributed by atoms with van der Waals surface area (Å²) in [5.74, 6) is -0.0933. The van der Waals surface area contributed by atoms with Gasteiger partial charge in [0, 0.05) is 13.1 Å². The number of carbonyl (C=O) groups is 1. The molecule has 3 aromatic rings. The van der Waals surface area contributed by atoms with Gasteiger partial charge < -0.3 is 10.2 Å². The SMILES string of the molecule is O=C(Nc1ccccc1F)C1CCCN(c2nc(Cl)nc3ccsc23)C1. The van der Waals surface area contributed by atoms with E-state index in [9.17, 15) is 9.18 Å². The predicted molar refractivity (Wildman–Crippen MR) is 102 cm³/mol. The monoisotopic (exact) mass is 390 g/mol. The molecule has 3 heterocycles. The second kappa shape index (κ2) is 7.17. The molecule has 134 valence electrons. The number of amides is 1. The van der Waals surface area contributed by atoms with Gasteiger partial charge in [-0.1, -0.05) is 12.1 Å². The number of piperidine rings is 1. The number of carbonyl (C=O) groups excluding carboxylic acids is 1. The Bertz CT molecular complexity index is 963. The molecule has 0 bridgehead atoms. The van der Waals surface area contributed by atoms with Crippen molar-refractivity contribution in [3.05, 3.63) is 46.8 Å². The van der Waals surface area contributed by atoms with Crippen LogP contribution in [-0.2, 0) is 4.79 Å². The minimum Gasteiger partial charge on any atom is -0.354 e. The van der Waals surface area contributed by atoms with E-state index in [2.05, 4.69) is 20.2 Å². The first-order valence-corrected chi connectivity index (χ1v) is 9.58. The van der Waals surface area contributed by atoms with Crippen LogP contribution in [0, 0.1) is 11.7 Å². The number of benzene rings is 1. The van der Waals surface area contributed by atoms with E-state index < -0.39 is 5.82 Å². The van der Waals surface area contributed by atoms with E-state index in [1.54, 1.807) is 29.5 Å². The van der Waals surface area contributed by atoms with Crippen molar-refractivity contribution in [3.63, 3.8) is 0 Å². The Labute approximate surface area is 158 Å². The highest BCUT2D eigenvalue weighted by molar-refractivity contribution is 7.17. The summed E-state index contributed by atoms with van der Waals surface area (Å²) in [6, 6.07) is 8.09. The van der Waals surface area contributed by atoms with Gasteiger partial charge in [-0.15, -0.1) is 11.3 Å². The number of halogens is 2. The van der Waals surface area contributed by atoms with Crippen molar-refractivity contribution in [2.45, 2.75) is 12.8 Å². The quantitative estimate of drug-likeness (QED) is 0.676. The Hall–Kier alpha value is -2.25. The topological polar surface area (TPSA) is 58.1 Å². The maximum Gasteiger partial charge on any atom is 0.229 e. The number of nitrogens with one attached hydrogen (secondary N) is 1. The number of para-hydroxylation sites is 1. The smallest absolute Gasteiger partial charge is 0.229 e. The average molecular weight is 391 g/mol. The van der Waals surface area contributed by atoms with Gasteiger partial charge in [0.05, 0.1) is 21.8 Å².